The molecule has 1 aliphatic carbocycles. The fourth-order valence-electron chi connectivity index (χ4n) is 2.11. The first-order valence-corrected chi connectivity index (χ1v) is 7.07. The molecule has 0 radical (unpaired) electrons. The Morgan fingerprint density at radius 3 is 2.83 bits per heavy atom. The van der Waals surface area contributed by atoms with Gasteiger partial charge < -0.3 is 9.84 Å². The van der Waals surface area contributed by atoms with Crippen LogP contribution in [0, 0.1) is 0 Å². The highest BCUT2D eigenvalue weighted by molar-refractivity contribution is 7.99. The lowest BCUT2D eigenvalue weighted by Crippen LogP contribution is -2.39. The van der Waals surface area contributed by atoms with Gasteiger partial charge in [0.1, 0.15) is 11.3 Å². The Balaban J connectivity index is 2.20. The molecule has 0 aromatic heterocycles. The SMILES string of the molecule is COC1=CC(N2CCSCC2)C=CC=C1C(=O)O. The average molecular weight is 267 g/mol. The van der Waals surface area contributed by atoms with Crippen molar-refractivity contribution in [2.45, 2.75) is 6.04 Å². The summed E-state index contributed by atoms with van der Waals surface area (Å²) >= 11 is 1.96. The maximum atomic E-state index is 11.1. The summed E-state index contributed by atoms with van der Waals surface area (Å²) in [5.74, 6) is 1.73. The number of allylic oxidation sites excluding steroid dienone is 2. The van der Waals surface area contributed by atoms with Crippen LogP contribution in [-0.4, -0.2) is 53.7 Å². The Hall–Kier alpha value is -1.20. The Kier molecular flexibility index (Phi) is 4.49. The van der Waals surface area contributed by atoms with E-state index < -0.39 is 5.97 Å². The number of rotatable bonds is 3. The zero-order valence-electron chi connectivity index (χ0n) is 10.3. The van der Waals surface area contributed by atoms with E-state index in [9.17, 15) is 4.79 Å². The van der Waals surface area contributed by atoms with Crippen LogP contribution in [0.5, 0.6) is 0 Å². The molecule has 5 heteroatoms. The zero-order chi connectivity index (χ0) is 13.0. The molecule has 0 aromatic carbocycles. The Morgan fingerprint density at radius 2 is 2.22 bits per heavy atom. The first kappa shape index (κ1) is 13.2. The lowest BCUT2D eigenvalue weighted by Gasteiger charge is -2.30. The molecule has 1 N–H and O–H groups in total. The van der Waals surface area contributed by atoms with Crippen molar-refractivity contribution in [2.24, 2.45) is 0 Å². The molecule has 1 saturated heterocycles. The minimum absolute atomic E-state index is 0.119. The van der Waals surface area contributed by atoms with Gasteiger partial charge in [0.25, 0.3) is 0 Å². The average Bonchev–Trinajstić information content (AvgIpc) is 2.62. The van der Waals surface area contributed by atoms with E-state index in [1.165, 1.54) is 7.11 Å². The number of carbonyl (C=O) groups is 1. The molecule has 1 fully saturated rings. The molecule has 1 aliphatic heterocycles. The predicted molar refractivity (Wildman–Crippen MR) is 72.6 cm³/mol. The lowest BCUT2D eigenvalue weighted by molar-refractivity contribution is -0.132. The fourth-order valence-corrected chi connectivity index (χ4v) is 3.04. The number of ether oxygens (including phenoxy) is 1. The van der Waals surface area contributed by atoms with Gasteiger partial charge in [-0.3, -0.25) is 4.90 Å². The van der Waals surface area contributed by atoms with Gasteiger partial charge in [-0.25, -0.2) is 4.79 Å². The Bertz CT molecular complexity index is 408. The quantitative estimate of drug-likeness (QED) is 0.840. The minimum Gasteiger partial charge on any atom is -0.496 e. The van der Waals surface area contributed by atoms with Crippen molar-refractivity contribution in [2.75, 3.05) is 31.7 Å². The van der Waals surface area contributed by atoms with Crippen LogP contribution in [0.1, 0.15) is 0 Å². The zero-order valence-corrected chi connectivity index (χ0v) is 11.2. The second-order valence-electron chi connectivity index (χ2n) is 4.14. The van der Waals surface area contributed by atoms with E-state index in [0.717, 1.165) is 24.6 Å². The van der Waals surface area contributed by atoms with Gasteiger partial charge in [-0.15, -0.1) is 0 Å². The predicted octanol–water partition coefficient (Wildman–Crippen LogP) is 1.51. The minimum atomic E-state index is -0.956. The molecule has 0 aromatic rings. The normalized spacial score (nSPS) is 25.1. The molecule has 4 nitrogen and oxygen atoms in total. The third-order valence-corrected chi connectivity index (χ3v) is 4.02. The molecule has 1 unspecified atom stereocenters. The number of thioether (sulfide) groups is 1. The van der Waals surface area contributed by atoms with Crippen molar-refractivity contribution in [3.63, 3.8) is 0 Å². The summed E-state index contributed by atoms with van der Waals surface area (Å²) < 4.78 is 5.21. The number of aliphatic carboxylic acids is 1. The maximum Gasteiger partial charge on any atom is 0.339 e. The maximum absolute atomic E-state index is 11.1. The van der Waals surface area contributed by atoms with E-state index in [-0.39, 0.29) is 11.6 Å². The standard InChI is InChI=1S/C13H17NO3S/c1-17-12-9-10(14-5-7-18-8-6-14)3-2-4-11(12)13(15)16/h2-4,9-10H,5-8H2,1H3,(H,15,16). The third kappa shape index (κ3) is 2.97. The molecule has 0 bridgehead atoms. The van der Waals surface area contributed by atoms with Gasteiger partial charge in [-0.2, -0.15) is 11.8 Å². The van der Waals surface area contributed by atoms with Crippen LogP contribution in [0.3, 0.4) is 0 Å². The van der Waals surface area contributed by atoms with Crippen molar-refractivity contribution in [1.82, 2.24) is 4.90 Å². The van der Waals surface area contributed by atoms with Gasteiger partial charge in [0.15, 0.2) is 0 Å². The summed E-state index contributed by atoms with van der Waals surface area (Å²) in [4.78, 5) is 13.5. The van der Waals surface area contributed by atoms with Gasteiger partial charge in [0.05, 0.1) is 13.2 Å². The van der Waals surface area contributed by atoms with E-state index in [1.807, 2.05) is 23.9 Å². The third-order valence-electron chi connectivity index (χ3n) is 3.08. The molecular formula is C13H17NO3S. The first-order chi connectivity index (χ1) is 8.72. The Labute approximate surface area is 111 Å². The number of hydrogen-bond acceptors (Lipinski definition) is 4. The van der Waals surface area contributed by atoms with E-state index in [4.69, 9.17) is 9.84 Å². The number of carboxylic acids is 1. The van der Waals surface area contributed by atoms with Crippen LogP contribution in [0.4, 0.5) is 0 Å². The van der Waals surface area contributed by atoms with Gasteiger partial charge >= 0.3 is 5.97 Å². The summed E-state index contributed by atoms with van der Waals surface area (Å²) in [5.41, 5.74) is 0.211. The monoisotopic (exact) mass is 267 g/mol. The van der Waals surface area contributed by atoms with Gasteiger partial charge in [-0.1, -0.05) is 12.2 Å². The van der Waals surface area contributed by atoms with Crippen molar-refractivity contribution in [3.05, 3.63) is 35.6 Å². The first-order valence-electron chi connectivity index (χ1n) is 5.92. The van der Waals surface area contributed by atoms with E-state index in [1.54, 1.807) is 12.2 Å². The molecule has 2 rings (SSSR count). The number of hydrogen-bond donors (Lipinski definition) is 1. The highest BCUT2D eigenvalue weighted by Crippen LogP contribution is 2.21. The van der Waals surface area contributed by atoms with Crippen LogP contribution < -0.4 is 0 Å². The van der Waals surface area contributed by atoms with Gasteiger partial charge in [0, 0.05) is 24.6 Å². The van der Waals surface area contributed by atoms with Crippen LogP contribution in [0.2, 0.25) is 0 Å². The van der Waals surface area contributed by atoms with Crippen LogP contribution >= 0.6 is 11.8 Å². The highest BCUT2D eigenvalue weighted by Gasteiger charge is 2.22. The largest absolute Gasteiger partial charge is 0.496 e. The summed E-state index contributed by atoms with van der Waals surface area (Å²) in [6.45, 7) is 2.05. The lowest BCUT2D eigenvalue weighted by atomic mass is 10.1. The second-order valence-corrected chi connectivity index (χ2v) is 5.37. The van der Waals surface area contributed by atoms with E-state index >= 15 is 0 Å². The molecule has 0 saturated carbocycles. The molecule has 0 spiro atoms. The smallest absolute Gasteiger partial charge is 0.339 e. The van der Waals surface area contributed by atoms with Crippen molar-refractivity contribution < 1.29 is 14.6 Å². The topological polar surface area (TPSA) is 49.8 Å². The number of carboxylic acid groups (broad SMARTS) is 1. The van der Waals surface area contributed by atoms with Crippen molar-refractivity contribution in [1.29, 1.82) is 0 Å². The highest BCUT2D eigenvalue weighted by atomic mass is 32.2. The van der Waals surface area contributed by atoms with Crippen LogP contribution in [0.15, 0.2) is 35.6 Å². The fraction of sp³-hybridized carbons (Fsp3) is 0.462. The summed E-state index contributed by atoms with van der Waals surface area (Å²) in [6.07, 6.45) is 7.30. The Morgan fingerprint density at radius 1 is 1.50 bits per heavy atom. The summed E-state index contributed by atoms with van der Waals surface area (Å²) in [6, 6.07) is 0.119. The summed E-state index contributed by atoms with van der Waals surface area (Å²) in [5, 5.41) is 9.12. The van der Waals surface area contributed by atoms with Gasteiger partial charge in [-0.05, 0) is 12.2 Å². The summed E-state index contributed by atoms with van der Waals surface area (Å²) in [7, 11) is 1.51. The molecule has 18 heavy (non-hydrogen) atoms. The number of nitrogens with zero attached hydrogens (tertiary/aromatic N) is 1. The molecule has 0 amide bonds. The van der Waals surface area contributed by atoms with Crippen LogP contribution in [0.25, 0.3) is 0 Å². The number of methoxy groups -OCH3 is 1. The van der Waals surface area contributed by atoms with Crippen molar-refractivity contribution in [3.8, 4) is 0 Å². The molecular weight excluding hydrogens is 250 g/mol. The van der Waals surface area contributed by atoms with E-state index in [2.05, 4.69) is 4.90 Å². The molecule has 1 atom stereocenters. The van der Waals surface area contributed by atoms with E-state index in [0.29, 0.717) is 5.76 Å². The van der Waals surface area contributed by atoms with Crippen molar-refractivity contribution >= 4 is 17.7 Å². The molecule has 2 aliphatic rings. The van der Waals surface area contributed by atoms with Gasteiger partial charge in [0.2, 0.25) is 0 Å². The van der Waals surface area contributed by atoms with Crippen LogP contribution in [-0.2, 0) is 9.53 Å². The second kappa shape index (κ2) is 6.11. The molecule has 1 heterocycles. The molecule has 98 valence electrons.